The number of carbonyl (C=O) groups excluding carboxylic acids is 2. The molecular weight excluding hydrogens is 410 g/mol. The minimum Gasteiger partial charge on any atom is -0.483 e. The number of hydrogen-bond acceptors (Lipinski definition) is 4. The van der Waals surface area contributed by atoms with Crippen molar-refractivity contribution in [3.05, 3.63) is 62.9 Å². The number of halogens is 3. The van der Waals surface area contributed by atoms with Gasteiger partial charge in [0, 0.05) is 30.3 Å². The van der Waals surface area contributed by atoms with Gasteiger partial charge in [0.15, 0.2) is 12.4 Å². The van der Waals surface area contributed by atoms with Crippen LogP contribution >= 0.6 is 23.2 Å². The van der Waals surface area contributed by atoms with Crippen molar-refractivity contribution in [2.24, 2.45) is 5.73 Å². The Morgan fingerprint density at radius 1 is 1.18 bits per heavy atom. The average molecular weight is 427 g/mol. The number of nitrogens with two attached hydrogens (primary N) is 1. The van der Waals surface area contributed by atoms with Crippen LogP contribution in [0.2, 0.25) is 10.0 Å². The van der Waals surface area contributed by atoms with Gasteiger partial charge in [0.25, 0.3) is 11.8 Å². The van der Waals surface area contributed by atoms with Crippen LogP contribution in [0.15, 0.2) is 30.3 Å². The zero-order valence-corrected chi connectivity index (χ0v) is 16.2. The van der Waals surface area contributed by atoms with Gasteiger partial charge in [-0.1, -0.05) is 35.3 Å². The molecule has 0 aliphatic carbocycles. The van der Waals surface area contributed by atoms with Gasteiger partial charge in [-0.2, -0.15) is 0 Å². The third-order valence-electron chi connectivity index (χ3n) is 3.70. The molecule has 28 heavy (non-hydrogen) atoms. The fourth-order valence-electron chi connectivity index (χ4n) is 2.18. The number of amidine groups is 1. The summed E-state index contributed by atoms with van der Waals surface area (Å²) in [5, 5.41) is 12.0. The third-order valence-corrected chi connectivity index (χ3v) is 4.25. The average Bonchev–Trinajstić information content (AvgIpc) is 2.67. The van der Waals surface area contributed by atoms with Gasteiger partial charge in [-0.3, -0.25) is 15.0 Å². The van der Waals surface area contributed by atoms with E-state index in [4.69, 9.17) is 39.1 Å². The van der Waals surface area contributed by atoms with E-state index >= 15 is 0 Å². The zero-order valence-electron chi connectivity index (χ0n) is 14.7. The standard InChI is InChI=1S/C18H17Cl2FN4O3/c1-24-15(26)8-28-14-6-9(17(22)23)2-3-10(14)7-25-18(27)11-4-12(19)16(21)13(20)5-11/h2-6H,7-8H2,1H3,(H3,22,23)(H,24,26)(H,25,27). The van der Waals surface area contributed by atoms with Crippen LogP contribution < -0.4 is 21.1 Å². The highest BCUT2D eigenvalue weighted by molar-refractivity contribution is 6.35. The fraction of sp³-hybridized carbons (Fsp3) is 0.167. The lowest BCUT2D eigenvalue weighted by Crippen LogP contribution is -2.26. The van der Waals surface area contributed by atoms with Gasteiger partial charge in [0.05, 0.1) is 10.0 Å². The lowest BCUT2D eigenvalue weighted by Gasteiger charge is -2.14. The SMILES string of the molecule is CNC(=O)COc1cc(C(=N)N)ccc1CNC(=O)c1cc(Cl)c(F)c(Cl)c1. The monoisotopic (exact) mass is 426 g/mol. The van der Waals surface area contributed by atoms with E-state index in [1.165, 1.54) is 25.2 Å². The third kappa shape index (κ3) is 5.34. The molecule has 5 N–H and O–H groups in total. The number of hydrogen-bond donors (Lipinski definition) is 4. The van der Waals surface area contributed by atoms with E-state index in [2.05, 4.69) is 10.6 Å². The quantitative estimate of drug-likeness (QED) is 0.309. The van der Waals surface area contributed by atoms with Crippen LogP contribution in [0.25, 0.3) is 0 Å². The first-order valence-corrected chi connectivity index (χ1v) is 8.72. The van der Waals surface area contributed by atoms with Crippen molar-refractivity contribution in [3.8, 4) is 5.75 Å². The molecule has 0 radical (unpaired) electrons. The molecule has 0 saturated carbocycles. The van der Waals surface area contributed by atoms with E-state index in [1.807, 2.05) is 0 Å². The van der Waals surface area contributed by atoms with E-state index in [1.54, 1.807) is 12.1 Å². The molecule has 0 fully saturated rings. The summed E-state index contributed by atoms with van der Waals surface area (Å²) in [6.45, 7) is -0.214. The summed E-state index contributed by atoms with van der Waals surface area (Å²) >= 11 is 11.4. The Labute approximate surface area is 170 Å². The second kappa shape index (κ2) is 9.38. The summed E-state index contributed by atoms with van der Waals surface area (Å²) in [4.78, 5) is 23.8. The number of carbonyl (C=O) groups is 2. The van der Waals surface area contributed by atoms with E-state index in [9.17, 15) is 14.0 Å². The van der Waals surface area contributed by atoms with E-state index in [0.29, 0.717) is 11.1 Å². The van der Waals surface area contributed by atoms with E-state index in [-0.39, 0.29) is 46.3 Å². The number of nitrogen functional groups attached to an aromatic ring is 1. The number of likely N-dealkylation sites (N-methyl/N-ethyl adjacent to an activating group) is 1. The molecule has 10 heteroatoms. The molecule has 148 valence electrons. The summed E-state index contributed by atoms with van der Waals surface area (Å²) in [6, 6.07) is 7.03. The first-order chi connectivity index (χ1) is 13.2. The Kier molecular flexibility index (Phi) is 7.19. The predicted octanol–water partition coefficient (Wildman–Crippen LogP) is 2.47. The Hall–Kier alpha value is -2.84. The minimum atomic E-state index is -0.801. The Morgan fingerprint density at radius 3 is 2.39 bits per heavy atom. The van der Waals surface area contributed by atoms with E-state index < -0.39 is 11.7 Å². The topological polar surface area (TPSA) is 117 Å². The van der Waals surface area contributed by atoms with Crippen LogP contribution in [0.1, 0.15) is 21.5 Å². The number of rotatable bonds is 7. The molecule has 2 amide bonds. The first kappa shape index (κ1) is 21.5. The van der Waals surface area contributed by atoms with Crippen molar-refractivity contribution in [2.45, 2.75) is 6.54 Å². The molecule has 0 aromatic heterocycles. The maximum Gasteiger partial charge on any atom is 0.257 e. The van der Waals surface area contributed by atoms with Gasteiger partial charge < -0.3 is 21.1 Å². The molecule has 0 aliphatic heterocycles. The van der Waals surface area contributed by atoms with Crippen molar-refractivity contribution in [3.63, 3.8) is 0 Å². The van der Waals surface area contributed by atoms with Crippen molar-refractivity contribution in [1.82, 2.24) is 10.6 Å². The lowest BCUT2D eigenvalue weighted by molar-refractivity contribution is -0.122. The second-order valence-electron chi connectivity index (χ2n) is 5.63. The van der Waals surface area contributed by atoms with Gasteiger partial charge in [-0.15, -0.1) is 0 Å². The van der Waals surface area contributed by atoms with Gasteiger partial charge in [-0.05, 0) is 18.2 Å². The van der Waals surface area contributed by atoms with Crippen LogP contribution in [-0.2, 0) is 11.3 Å². The summed E-state index contributed by atoms with van der Waals surface area (Å²) in [5.41, 5.74) is 6.51. The van der Waals surface area contributed by atoms with Crippen LogP contribution in [0.4, 0.5) is 4.39 Å². The molecular formula is C18H17Cl2FN4O3. The zero-order chi connectivity index (χ0) is 20.8. The summed E-state index contributed by atoms with van der Waals surface area (Å²) < 4.78 is 19.0. The smallest absolute Gasteiger partial charge is 0.257 e. The number of amides is 2. The maximum atomic E-state index is 13.5. The van der Waals surface area contributed by atoms with Crippen molar-refractivity contribution in [1.29, 1.82) is 5.41 Å². The van der Waals surface area contributed by atoms with Gasteiger partial charge >= 0.3 is 0 Å². The van der Waals surface area contributed by atoms with Crippen LogP contribution in [-0.4, -0.2) is 31.3 Å². The molecule has 0 unspecified atom stereocenters. The number of nitrogens with one attached hydrogen (secondary N) is 3. The van der Waals surface area contributed by atoms with E-state index in [0.717, 1.165) is 0 Å². The van der Waals surface area contributed by atoms with Crippen molar-refractivity contribution >= 4 is 40.9 Å². The predicted molar refractivity (Wildman–Crippen MR) is 105 cm³/mol. The highest BCUT2D eigenvalue weighted by atomic mass is 35.5. The van der Waals surface area contributed by atoms with Crippen LogP contribution in [0, 0.1) is 11.2 Å². The molecule has 2 aromatic rings. The molecule has 7 nitrogen and oxygen atoms in total. The molecule has 0 spiro atoms. The molecule has 0 atom stereocenters. The molecule has 0 aliphatic rings. The molecule has 2 aromatic carbocycles. The molecule has 0 bridgehead atoms. The van der Waals surface area contributed by atoms with Gasteiger partial charge in [-0.25, -0.2) is 4.39 Å². The van der Waals surface area contributed by atoms with Crippen molar-refractivity contribution in [2.75, 3.05) is 13.7 Å². The lowest BCUT2D eigenvalue weighted by atomic mass is 10.1. The first-order valence-electron chi connectivity index (χ1n) is 7.96. The summed E-state index contributed by atoms with van der Waals surface area (Å²) in [5.74, 6) is -1.57. The second-order valence-corrected chi connectivity index (χ2v) is 6.45. The van der Waals surface area contributed by atoms with Crippen LogP contribution in [0.3, 0.4) is 0 Å². The Bertz CT molecular complexity index is 914. The highest BCUT2D eigenvalue weighted by Gasteiger charge is 2.14. The molecule has 0 saturated heterocycles. The minimum absolute atomic E-state index is 0.0344. The normalized spacial score (nSPS) is 10.3. The fourth-order valence-corrected chi connectivity index (χ4v) is 2.67. The van der Waals surface area contributed by atoms with Crippen molar-refractivity contribution < 1.29 is 18.7 Å². The summed E-state index contributed by atoms with van der Waals surface area (Å²) in [7, 11) is 1.47. The van der Waals surface area contributed by atoms with Crippen LogP contribution in [0.5, 0.6) is 5.75 Å². The highest BCUT2D eigenvalue weighted by Crippen LogP contribution is 2.25. The molecule has 0 heterocycles. The van der Waals surface area contributed by atoms with Gasteiger partial charge in [0.1, 0.15) is 11.6 Å². The number of benzene rings is 2. The Balaban J connectivity index is 2.19. The molecule has 2 rings (SSSR count). The Morgan fingerprint density at radius 2 is 1.82 bits per heavy atom. The van der Waals surface area contributed by atoms with Gasteiger partial charge in [0.2, 0.25) is 0 Å². The number of ether oxygens (including phenoxy) is 1. The maximum absolute atomic E-state index is 13.5. The summed E-state index contributed by atoms with van der Waals surface area (Å²) in [6.07, 6.45) is 0. The largest absolute Gasteiger partial charge is 0.483 e.